The van der Waals surface area contributed by atoms with Gasteiger partial charge in [0.1, 0.15) is 22.7 Å². The Bertz CT molecular complexity index is 1840. The standard InChI is InChI=1S/C30H30ClFN6O6S/c1-36(45(43,44)27-5-3-2-4-26(27)38(41)42)18-20-10-12-37(13-11-20)30(40)24(14-19-6-8-22(32)9-7-19)35-29(39)23-15-21-16-28(31)33-17-25(21)34-23/h2-9,15-17,20,24,34H,10-14,18H2,1H3,(H,35,39)/t24-/m0/s1. The Morgan fingerprint density at radius 2 is 1.87 bits per heavy atom. The second-order valence-electron chi connectivity index (χ2n) is 10.9. The van der Waals surface area contributed by atoms with E-state index in [1.54, 1.807) is 29.2 Å². The first-order valence-corrected chi connectivity index (χ1v) is 15.9. The average molecular weight is 657 g/mol. The molecular formula is C30H30ClFN6O6S. The maximum Gasteiger partial charge on any atom is 0.289 e. The number of carbonyl (C=O) groups is 2. The minimum absolute atomic E-state index is 0.103. The lowest BCUT2D eigenvalue weighted by molar-refractivity contribution is -0.387. The Kier molecular flexibility index (Phi) is 9.46. The van der Waals surface area contributed by atoms with E-state index < -0.39 is 38.4 Å². The van der Waals surface area contributed by atoms with Crippen LogP contribution in [-0.2, 0) is 21.2 Å². The number of hydrogen-bond acceptors (Lipinski definition) is 7. The Morgan fingerprint density at radius 1 is 1.18 bits per heavy atom. The molecule has 3 heterocycles. The molecule has 0 saturated carbocycles. The fourth-order valence-corrected chi connectivity index (χ4v) is 7.00. The van der Waals surface area contributed by atoms with Crippen LogP contribution in [0.1, 0.15) is 28.9 Å². The van der Waals surface area contributed by atoms with Gasteiger partial charge in [0.2, 0.25) is 15.9 Å². The summed E-state index contributed by atoms with van der Waals surface area (Å²) in [4.78, 5) is 45.9. The summed E-state index contributed by atoms with van der Waals surface area (Å²) in [6.07, 6.45) is 2.59. The Balaban J connectivity index is 1.26. The number of piperidine rings is 1. The molecule has 2 amide bonds. The lowest BCUT2D eigenvalue weighted by atomic mass is 9.95. The number of aromatic amines is 1. The third-order valence-corrected chi connectivity index (χ3v) is 9.94. The minimum Gasteiger partial charge on any atom is -0.349 e. The normalized spacial score (nSPS) is 14.9. The summed E-state index contributed by atoms with van der Waals surface area (Å²) in [5.74, 6) is -1.37. The third-order valence-electron chi connectivity index (χ3n) is 7.86. The van der Waals surface area contributed by atoms with Gasteiger partial charge in [0.05, 0.1) is 16.6 Å². The van der Waals surface area contributed by atoms with Crippen molar-refractivity contribution in [2.45, 2.75) is 30.2 Å². The lowest BCUT2D eigenvalue weighted by Crippen LogP contribution is -2.52. The van der Waals surface area contributed by atoms with E-state index in [4.69, 9.17) is 11.6 Å². The number of fused-ring (bicyclic) bond motifs is 1. The zero-order valence-corrected chi connectivity index (χ0v) is 25.7. The van der Waals surface area contributed by atoms with E-state index in [1.807, 2.05) is 0 Å². The van der Waals surface area contributed by atoms with Crippen molar-refractivity contribution in [1.82, 2.24) is 24.5 Å². The molecule has 0 bridgehead atoms. The van der Waals surface area contributed by atoms with Gasteiger partial charge in [0, 0.05) is 44.6 Å². The number of nitrogens with one attached hydrogen (secondary N) is 2. The molecular weight excluding hydrogens is 627 g/mol. The summed E-state index contributed by atoms with van der Waals surface area (Å²) in [6.45, 7) is 0.746. The number of pyridine rings is 1. The smallest absolute Gasteiger partial charge is 0.289 e. The molecule has 1 aliphatic rings. The summed E-state index contributed by atoms with van der Waals surface area (Å²) in [7, 11) is -2.74. The minimum atomic E-state index is -4.12. The number of aromatic nitrogens is 2. The van der Waals surface area contributed by atoms with Crippen LogP contribution in [0.2, 0.25) is 5.15 Å². The average Bonchev–Trinajstić information content (AvgIpc) is 3.45. The predicted octanol–water partition coefficient (Wildman–Crippen LogP) is 4.16. The van der Waals surface area contributed by atoms with E-state index in [-0.39, 0.29) is 40.5 Å². The molecule has 5 rings (SSSR count). The van der Waals surface area contributed by atoms with Crippen LogP contribution >= 0.6 is 11.6 Å². The number of rotatable bonds is 10. The van der Waals surface area contributed by atoms with Gasteiger partial charge < -0.3 is 15.2 Å². The SMILES string of the molecule is CN(CC1CCN(C(=O)[C@H](Cc2ccc(F)cc2)NC(=O)c2cc3cc(Cl)ncc3[nH]2)CC1)S(=O)(=O)c1ccccc1[N+](=O)[O-]. The van der Waals surface area contributed by atoms with E-state index in [2.05, 4.69) is 15.3 Å². The number of carbonyl (C=O) groups excluding carboxylic acids is 2. The quantitative estimate of drug-likeness (QED) is 0.147. The van der Waals surface area contributed by atoms with Gasteiger partial charge in [-0.25, -0.2) is 22.1 Å². The number of nitro groups is 1. The largest absolute Gasteiger partial charge is 0.349 e. The van der Waals surface area contributed by atoms with Crippen LogP contribution in [0.25, 0.3) is 10.9 Å². The number of benzene rings is 2. The number of nitro benzene ring substituents is 1. The highest BCUT2D eigenvalue weighted by Gasteiger charge is 2.34. The van der Waals surface area contributed by atoms with Gasteiger partial charge in [-0.1, -0.05) is 35.9 Å². The first-order valence-electron chi connectivity index (χ1n) is 14.1. The molecule has 0 radical (unpaired) electrons. The number of hydrogen-bond donors (Lipinski definition) is 2. The van der Waals surface area contributed by atoms with Gasteiger partial charge in [0.25, 0.3) is 11.6 Å². The highest BCUT2D eigenvalue weighted by Crippen LogP contribution is 2.28. The fourth-order valence-electron chi connectivity index (χ4n) is 5.43. The fraction of sp³-hybridized carbons (Fsp3) is 0.300. The highest BCUT2D eigenvalue weighted by molar-refractivity contribution is 7.89. The summed E-state index contributed by atoms with van der Waals surface area (Å²) < 4.78 is 41.0. The molecule has 1 atom stereocenters. The summed E-state index contributed by atoms with van der Waals surface area (Å²) >= 11 is 5.97. The first-order chi connectivity index (χ1) is 21.4. The Morgan fingerprint density at radius 3 is 2.56 bits per heavy atom. The van der Waals surface area contributed by atoms with Crippen LogP contribution in [0, 0.1) is 21.8 Å². The topological polar surface area (TPSA) is 159 Å². The lowest BCUT2D eigenvalue weighted by Gasteiger charge is -2.35. The highest BCUT2D eigenvalue weighted by atomic mass is 35.5. The molecule has 2 aromatic carbocycles. The molecule has 1 fully saturated rings. The third kappa shape index (κ3) is 7.30. The Labute approximate surface area is 263 Å². The maximum atomic E-state index is 13.8. The number of para-hydroxylation sites is 1. The number of nitrogens with zero attached hydrogens (tertiary/aromatic N) is 4. The summed E-state index contributed by atoms with van der Waals surface area (Å²) in [5.41, 5.74) is 0.973. The van der Waals surface area contributed by atoms with E-state index in [9.17, 15) is 32.5 Å². The van der Waals surface area contributed by atoms with Crippen molar-refractivity contribution >= 4 is 50.0 Å². The van der Waals surface area contributed by atoms with Crippen molar-refractivity contribution in [2.24, 2.45) is 5.92 Å². The summed E-state index contributed by atoms with van der Waals surface area (Å²) in [5, 5.41) is 15.2. The van der Waals surface area contributed by atoms with Gasteiger partial charge in [-0.15, -0.1) is 0 Å². The monoisotopic (exact) mass is 656 g/mol. The zero-order chi connectivity index (χ0) is 32.3. The van der Waals surface area contributed by atoms with Crippen molar-refractivity contribution in [1.29, 1.82) is 0 Å². The molecule has 12 nitrogen and oxygen atoms in total. The van der Waals surface area contributed by atoms with E-state index in [0.29, 0.717) is 42.4 Å². The second kappa shape index (κ2) is 13.3. The van der Waals surface area contributed by atoms with Crippen molar-refractivity contribution in [2.75, 3.05) is 26.7 Å². The van der Waals surface area contributed by atoms with E-state index >= 15 is 0 Å². The molecule has 1 saturated heterocycles. The van der Waals surface area contributed by atoms with Crippen LogP contribution in [0.15, 0.2) is 71.8 Å². The van der Waals surface area contributed by atoms with Crippen LogP contribution in [0.3, 0.4) is 0 Å². The zero-order valence-electron chi connectivity index (χ0n) is 24.2. The van der Waals surface area contributed by atoms with Crippen molar-refractivity contribution < 1.29 is 27.3 Å². The first kappa shape index (κ1) is 32.0. The molecule has 15 heteroatoms. The molecule has 0 aliphatic carbocycles. The van der Waals surface area contributed by atoms with Crippen LogP contribution in [-0.4, -0.2) is 77.1 Å². The molecule has 236 valence electrons. The molecule has 45 heavy (non-hydrogen) atoms. The van der Waals surface area contributed by atoms with Gasteiger partial charge in [-0.2, -0.15) is 0 Å². The maximum absolute atomic E-state index is 13.8. The molecule has 2 aromatic heterocycles. The van der Waals surface area contributed by atoms with Crippen LogP contribution in [0.5, 0.6) is 0 Å². The van der Waals surface area contributed by atoms with Crippen LogP contribution < -0.4 is 5.32 Å². The molecule has 0 unspecified atom stereocenters. The van der Waals surface area contributed by atoms with Gasteiger partial charge in [-0.3, -0.25) is 19.7 Å². The van der Waals surface area contributed by atoms with Crippen molar-refractivity contribution in [3.63, 3.8) is 0 Å². The predicted molar refractivity (Wildman–Crippen MR) is 165 cm³/mol. The van der Waals surface area contributed by atoms with E-state index in [0.717, 1.165) is 10.4 Å². The van der Waals surface area contributed by atoms with Gasteiger partial charge in [0.15, 0.2) is 4.90 Å². The number of H-pyrrole nitrogens is 1. The van der Waals surface area contributed by atoms with E-state index in [1.165, 1.54) is 43.6 Å². The number of amides is 2. The number of likely N-dealkylation sites (tertiary alicyclic amines) is 1. The van der Waals surface area contributed by atoms with Crippen LogP contribution in [0.4, 0.5) is 10.1 Å². The molecule has 1 aliphatic heterocycles. The second-order valence-corrected chi connectivity index (χ2v) is 13.3. The number of sulfonamides is 1. The summed E-state index contributed by atoms with van der Waals surface area (Å²) in [6, 6.07) is 13.1. The van der Waals surface area contributed by atoms with Crippen molar-refractivity contribution in [3.05, 3.63) is 99.2 Å². The van der Waals surface area contributed by atoms with Crippen molar-refractivity contribution in [3.8, 4) is 0 Å². The molecule has 2 N–H and O–H groups in total. The van der Waals surface area contributed by atoms with Gasteiger partial charge in [-0.05, 0) is 54.7 Å². The molecule has 4 aromatic rings. The Hall–Kier alpha value is -4.40. The number of halogens is 2. The van der Waals surface area contributed by atoms with Gasteiger partial charge >= 0.3 is 0 Å². The molecule has 0 spiro atoms.